The van der Waals surface area contributed by atoms with Gasteiger partial charge in [0.15, 0.2) is 5.65 Å². The molecule has 3 aromatic rings. The number of hydrogen-bond acceptors (Lipinski definition) is 3. The largest absolute Gasteiger partial charge is 0.420 e. The van der Waals surface area contributed by atoms with Gasteiger partial charge in [0.25, 0.3) is 0 Å². The van der Waals surface area contributed by atoms with Crippen LogP contribution in [0.5, 0.6) is 0 Å². The molecule has 2 aliphatic rings. The Kier molecular flexibility index (Phi) is 5.54. The summed E-state index contributed by atoms with van der Waals surface area (Å²) in [5.74, 6) is 1.62. The molecule has 0 unspecified atom stereocenters. The Labute approximate surface area is 187 Å². The van der Waals surface area contributed by atoms with E-state index in [1.165, 1.54) is 9.96 Å². The smallest absolute Gasteiger partial charge is 0.299 e. The summed E-state index contributed by atoms with van der Waals surface area (Å²) in [5, 5.41) is 8.03. The molecule has 164 valence electrons. The van der Waals surface area contributed by atoms with Crippen molar-refractivity contribution in [2.45, 2.75) is 50.7 Å². The predicted molar refractivity (Wildman–Crippen MR) is 116 cm³/mol. The van der Waals surface area contributed by atoms with Crippen LogP contribution in [-0.2, 0) is 19.1 Å². The zero-order chi connectivity index (χ0) is 21.6. The minimum absolute atomic E-state index is 0.0644. The lowest BCUT2D eigenvalue weighted by Crippen LogP contribution is -2.33. The maximum atomic E-state index is 14.0. The van der Waals surface area contributed by atoms with Gasteiger partial charge in [-0.05, 0) is 79.9 Å². The number of piperidine rings is 1. The highest BCUT2D eigenvalue weighted by molar-refractivity contribution is 9.10. The molecule has 0 atom stereocenters. The molecule has 0 amide bonds. The molecule has 1 aromatic carbocycles. The number of hydrogen-bond donors (Lipinski definition) is 0. The van der Waals surface area contributed by atoms with Gasteiger partial charge in [-0.25, -0.2) is 0 Å². The number of fused-ring (bicyclic) bond motifs is 1. The summed E-state index contributed by atoms with van der Waals surface area (Å²) in [6, 6.07) is 9.96. The number of aromatic nitrogens is 3. The van der Waals surface area contributed by atoms with Crippen LogP contribution in [0.1, 0.15) is 54.1 Å². The van der Waals surface area contributed by atoms with E-state index in [2.05, 4.69) is 43.2 Å². The van der Waals surface area contributed by atoms with E-state index in [1.54, 1.807) is 12.3 Å². The van der Waals surface area contributed by atoms with Crippen LogP contribution < -0.4 is 0 Å². The van der Waals surface area contributed by atoms with Crippen LogP contribution in [0, 0.1) is 5.92 Å². The Morgan fingerprint density at radius 2 is 1.68 bits per heavy atom. The first kappa shape index (κ1) is 20.9. The first-order valence-corrected chi connectivity index (χ1v) is 11.6. The maximum Gasteiger partial charge on any atom is 0.420 e. The summed E-state index contributed by atoms with van der Waals surface area (Å²) >= 11 is 3.46. The van der Waals surface area contributed by atoms with Gasteiger partial charge in [0.2, 0.25) is 0 Å². The highest BCUT2D eigenvalue weighted by Crippen LogP contribution is 2.38. The molecule has 2 fully saturated rings. The summed E-state index contributed by atoms with van der Waals surface area (Å²) in [7, 11) is 0. The lowest BCUT2D eigenvalue weighted by atomic mass is 9.89. The van der Waals surface area contributed by atoms with Crippen LogP contribution in [0.3, 0.4) is 0 Å². The Hall–Kier alpha value is -1.93. The number of likely N-dealkylation sites (tertiary alicyclic amines) is 1. The van der Waals surface area contributed by atoms with Gasteiger partial charge in [-0.15, -0.1) is 10.2 Å². The average Bonchev–Trinajstić information content (AvgIpc) is 3.47. The fourth-order valence-electron chi connectivity index (χ4n) is 4.60. The molecule has 8 heteroatoms. The lowest BCUT2D eigenvalue weighted by molar-refractivity contribution is -0.137. The third-order valence-electron chi connectivity index (χ3n) is 6.51. The van der Waals surface area contributed by atoms with Gasteiger partial charge in [0.1, 0.15) is 11.4 Å². The number of rotatable bonds is 5. The molecule has 3 heterocycles. The van der Waals surface area contributed by atoms with E-state index >= 15 is 0 Å². The molecule has 1 saturated heterocycles. The van der Waals surface area contributed by atoms with E-state index in [1.807, 2.05) is 12.1 Å². The zero-order valence-corrected chi connectivity index (χ0v) is 18.7. The van der Waals surface area contributed by atoms with Crippen molar-refractivity contribution in [1.29, 1.82) is 0 Å². The molecule has 1 aliphatic carbocycles. The van der Waals surface area contributed by atoms with Crippen LogP contribution in [0.2, 0.25) is 0 Å². The van der Waals surface area contributed by atoms with E-state index < -0.39 is 11.7 Å². The van der Waals surface area contributed by atoms with Crippen LogP contribution in [0.15, 0.2) is 41.0 Å². The van der Waals surface area contributed by atoms with E-state index in [9.17, 15) is 13.2 Å². The standard InChI is InChI=1S/C23H24BrF3N4/c24-19-5-3-16(4-6-19)17-7-10-30(11-8-17)14-18-9-12-31-20(13-15-1-2-15)28-29-22(31)21(18)23(25,26)27/h3-6,9,12,15,17H,1-2,7-8,10-11,13-14H2. The molecule has 0 N–H and O–H groups in total. The monoisotopic (exact) mass is 492 g/mol. The Morgan fingerprint density at radius 1 is 0.968 bits per heavy atom. The van der Waals surface area contributed by atoms with Crippen molar-refractivity contribution in [2.24, 2.45) is 5.92 Å². The molecule has 0 bridgehead atoms. The van der Waals surface area contributed by atoms with Crippen molar-refractivity contribution in [3.8, 4) is 0 Å². The summed E-state index contributed by atoms with van der Waals surface area (Å²) in [4.78, 5) is 2.12. The SMILES string of the molecule is FC(F)(F)c1c(CN2CCC(c3ccc(Br)cc3)CC2)ccn2c(CC3CC3)nnc12. The molecule has 1 aliphatic heterocycles. The van der Waals surface area contributed by atoms with Crippen LogP contribution in [0.4, 0.5) is 13.2 Å². The number of benzene rings is 1. The minimum atomic E-state index is -4.46. The lowest BCUT2D eigenvalue weighted by Gasteiger charge is -2.32. The number of nitrogens with zero attached hydrogens (tertiary/aromatic N) is 4. The van der Waals surface area contributed by atoms with E-state index in [0.717, 1.165) is 43.2 Å². The maximum absolute atomic E-state index is 14.0. The fourth-order valence-corrected chi connectivity index (χ4v) is 4.87. The van der Waals surface area contributed by atoms with E-state index in [4.69, 9.17) is 0 Å². The fraction of sp³-hybridized carbons (Fsp3) is 0.478. The second-order valence-electron chi connectivity index (χ2n) is 8.77. The quantitative estimate of drug-likeness (QED) is 0.448. The van der Waals surface area contributed by atoms with Gasteiger partial charge in [-0.3, -0.25) is 9.30 Å². The van der Waals surface area contributed by atoms with Crippen molar-refractivity contribution in [3.05, 3.63) is 63.5 Å². The second kappa shape index (κ2) is 8.20. The summed E-state index contributed by atoms with van der Waals surface area (Å²) in [5.41, 5.74) is 0.879. The van der Waals surface area contributed by atoms with Crippen molar-refractivity contribution in [3.63, 3.8) is 0 Å². The first-order chi connectivity index (χ1) is 14.9. The second-order valence-corrected chi connectivity index (χ2v) is 9.69. The third-order valence-corrected chi connectivity index (χ3v) is 7.04. The van der Waals surface area contributed by atoms with Crippen LogP contribution in [-0.4, -0.2) is 32.6 Å². The number of halogens is 4. The molecular formula is C23H24BrF3N4. The van der Waals surface area contributed by atoms with E-state index in [-0.39, 0.29) is 17.8 Å². The number of alkyl halides is 3. The molecule has 1 saturated carbocycles. The topological polar surface area (TPSA) is 33.4 Å². The molecule has 4 nitrogen and oxygen atoms in total. The van der Waals surface area contributed by atoms with Gasteiger partial charge in [0.05, 0.1) is 0 Å². The van der Waals surface area contributed by atoms with Gasteiger partial charge in [-0.1, -0.05) is 28.1 Å². The van der Waals surface area contributed by atoms with Crippen molar-refractivity contribution in [1.82, 2.24) is 19.5 Å². The predicted octanol–water partition coefficient (Wildman–Crippen LogP) is 5.84. The molecule has 2 aromatic heterocycles. The van der Waals surface area contributed by atoms with Crippen LogP contribution in [0.25, 0.3) is 5.65 Å². The van der Waals surface area contributed by atoms with Crippen molar-refractivity contribution >= 4 is 21.6 Å². The van der Waals surface area contributed by atoms with Crippen LogP contribution >= 0.6 is 15.9 Å². The zero-order valence-electron chi connectivity index (χ0n) is 17.1. The highest BCUT2D eigenvalue weighted by Gasteiger charge is 2.38. The Morgan fingerprint density at radius 3 is 2.32 bits per heavy atom. The van der Waals surface area contributed by atoms with Crippen molar-refractivity contribution < 1.29 is 13.2 Å². The minimum Gasteiger partial charge on any atom is -0.299 e. The average molecular weight is 493 g/mol. The summed E-state index contributed by atoms with van der Waals surface area (Å²) < 4.78 is 44.7. The normalized spacial score (nSPS) is 18.7. The van der Waals surface area contributed by atoms with Gasteiger partial charge < -0.3 is 0 Å². The van der Waals surface area contributed by atoms with E-state index in [0.29, 0.717) is 24.1 Å². The molecule has 5 rings (SSSR count). The van der Waals surface area contributed by atoms with Gasteiger partial charge in [-0.2, -0.15) is 13.2 Å². The Bertz CT molecular complexity index is 1060. The molecule has 0 radical (unpaired) electrons. The first-order valence-electron chi connectivity index (χ1n) is 10.8. The Balaban J connectivity index is 1.34. The summed E-state index contributed by atoms with van der Waals surface area (Å²) in [6.45, 7) is 1.84. The molecule has 0 spiro atoms. The van der Waals surface area contributed by atoms with Gasteiger partial charge >= 0.3 is 6.18 Å². The number of pyridine rings is 1. The molecular weight excluding hydrogens is 469 g/mol. The molecule has 31 heavy (non-hydrogen) atoms. The third kappa shape index (κ3) is 4.51. The summed E-state index contributed by atoms with van der Waals surface area (Å²) in [6.07, 6.45) is 2.08. The van der Waals surface area contributed by atoms with Crippen molar-refractivity contribution in [2.75, 3.05) is 13.1 Å². The highest BCUT2D eigenvalue weighted by atomic mass is 79.9. The van der Waals surface area contributed by atoms with Gasteiger partial charge in [0, 0.05) is 23.6 Å².